The summed E-state index contributed by atoms with van der Waals surface area (Å²) in [6.45, 7) is 3.16. The number of aromatic nitrogens is 2. The molecule has 1 aromatic carbocycles. The molecular formula is C16H21N3O3. The van der Waals surface area contributed by atoms with Gasteiger partial charge in [-0.15, -0.1) is 0 Å². The van der Waals surface area contributed by atoms with Gasteiger partial charge >= 0.3 is 0 Å². The standard InChI is InChI=1S/C16H21N3O3/c1-22-13-2-3-15-14(10-13)16(21)19(11-17-15)9-8-18-6-4-12(20)5-7-18/h2-3,10-12,20H,4-9H2,1H3. The lowest BCUT2D eigenvalue weighted by Crippen LogP contribution is -2.38. The van der Waals surface area contributed by atoms with Crippen LogP contribution >= 0.6 is 0 Å². The maximum Gasteiger partial charge on any atom is 0.261 e. The highest BCUT2D eigenvalue weighted by atomic mass is 16.5. The number of rotatable bonds is 4. The molecule has 0 unspecified atom stereocenters. The minimum absolute atomic E-state index is 0.0408. The maximum atomic E-state index is 12.5. The molecule has 1 saturated heterocycles. The number of hydrogen-bond acceptors (Lipinski definition) is 5. The van der Waals surface area contributed by atoms with Crippen LogP contribution in [-0.4, -0.2) is 52.4 Å². The molecule has 0 spiro atoms. The third kappa shape index (κ3) is 3.13. The normalized spacial score (nSPS) is 17.0. The Hall–Kier alpha value is -1.92. The summed E-state index contributed by atoms with van der Waals surface area (Å²) in [6.07, 6.45) is 3.05. The van der Waals surface area contributed by atoms with Crippen molar-refractivity contribution in [1.29, 1.82) is 0 Å². The van der Waals surface area contributed by atoms with Crippen LogP contribution in [0.5, 0.6) is 5.75 Å². The molecule has 0 atom stereocenters. The fourth-order valence-electron chi connectivity index (χ4n) is 2.82. The first-order valence-electron chi connectivity index (χ1n) is 7.61. The number of piperidine rings is 1. The van der Waals surface area contributed by atoms with Crippen molar-refractivity contribution in [2.45, 2.75) is 25.5 Å². The number of benzene rings is 1. The van der Waals surface area contributed by atoms with E-state index in [2.05, 4.69) is 9.88 Å². The number of aliphatic hydroxyl groups is 1. The fourth-order valence-corrected chi connectivity index (χ4v) is 2.82. The topological polar surface area (TPSA) is 67.6 Å². The van der Waals surface area contributed by atoms with Gasteiger partial charge in [0, 0.05) is 26.2 Å². The second-order valence-corrected chi connectivity index (χ2v) is 5.70. The molecule has 22 heavy (non-hydrogen) atoms. The van der Waals surface area contributed by atoms with Crippen LogP contribution < -0.4 is 10.3 Å². The van der Waals surface area contributed by atoms with Crippen molar-refractivity contribution < 1.29 is 9.84 Å². The number of hydrogen-bond donors (Lipinski definition) is 1. The molecular weight excluding hydrogens is 282 g/mol. The SMILES string of the molecule is COc1ccc2ncn(CCN3CCC(O)CC3)c(=O)c2c1. The Labute approximate surface area is 129 Å². The van der Waals surface area contributed by atoms with Gasteiger partial charge in [0.1, 0.15) is 5.75 Å². The van der Waals surface area contributed by atoms with Crippen LogP contribution in [0.4, 0.5) is 0 Å². The minimum Gasteiger partial charge on any atom is -0.497 e. The van der Waals surface area contributed by atoms with Gasteiger partial charge in [0.25, 0.3) is 5.56 Å². The number of likely N-dealkylation sites (tertiary alicyclic amines) is 1. The molecule has 6 nitrogen and oxygen atoms in total. The Morgan fingerprint density at radius 1 is 1.32 bits per heavy atom. The van der Waals surface area contributed by atoms with Crippen molar-refractivity contribution in [3.63, 3.8) is 0 Å². The first-order chi connectivity index (χ1) is 10.7. The first-order valence-corrected chi connectivity index (χ1v) is 7.61. The summed E-state index contributed by atoms with van der Waals surface area (Å²) in [4.78, 5) is 19.1. The molecule has 0 aliphatic carbocycles. The van der Waals surface area contributed by atoms with Crippen LogP contribution in [0.3, 0.4) is 0 Å². The number of aliphatic hydroxyl groups excluding tert-OH is 1. The first kappa shape index (κ1) is 15.0. The van der Waals surface area contributed by atoms with Crippen LogP contribution in [0.2, 0.25) is 0 Å². The number of nitrogens with zero attached hydrogens (tertiary/aromatic N) is 3. The van der Waals surface area contributed by atoms with Gasteiger partial charge in [0.15, 0.2) is 0 Å². The van der Waals surface area contributed by atoms with Crippen LogP contribution in [-0.2, 0) is 6.54 Å². The molecule has 2 aromatic rings. The van der Waals surface area contributed by atoms with Crippen molar-refractivity contribution in [2.75, 3.05) is 26.7 Å². The summed E-state index contributed by atoms with van der Waals surface area (Å²) in [5.41, 5.74) is 0.643. The predicted molar refractivity (Wildman–Crippen MR) is 84.2 cm³/mol. The average molecular weight is 303 g/mol. The van der Waals surface area contributed by atoms with E-state index in [1.165, 1.54) is 0 Å². The lowest BCUT2D eigenvalue weighted by Gasteiger charge is -2.29. The molecule has 1 aliphatic heterocycles. The summed E-state index contributed by atoms with van der Waals surface area (Å²) in [5.74, 6) is 0.661. The van der Waals surface area contributed by atoms with Crippen LogP contribution in [0, 0.1) is 0 Å². The maximum absolute atomic E-state index is 12.5. The quantitative estimate of drug-likeness (QED) is 0.907. The lowest BCUT2D eigenvalue weighted by molar-refractivity contribution is 0.0808. The number of methoxy groups -OCH3 is 1. The summed E-state index contributed by atoms with van der Waals surface area (Å²) in [5, 5.41) is 10.1. The minimum atomic E-state index is -0.172. The largest absolute Gasteiger partial charge is 0.497 e. The van der Waals surface area contributed by atoms with E-state index >= 15 is 0 Å². The number of fused-ring (bicyclic) bond motifs is 1. The van der Waals surface area contributed by atoms with Crippen LogP contribution in [0.15, 0.2) is 29.3 Å². The van der Waals surface area contributed by atoms with E-state index in [1.54, 1.807) is 36.2 Å². The highest BCUT2D eigenvalue weighted by Gasteiger charge is 2.16. The fraction of sp³-hybridized carbons (Fsp3) is 0.500. The summed E-state index contributed by atoms with van der Waals surface area (Å²) in [7, 11) is 1.58. The van der Waals surface area contributed by atoms with E-state index in [9.17, 15) is 9.90 Å². The lowest BCUT2D eigenvalue weighted by atomic mass is 10.1. The molecule has 3 rings (SSSR count). The summed E-state index contributed by atoms with van der Waals surface area (Å²) < 4.78 is 6.82. The molecule has 1 N–H and O–H groups in total. The van der Waals surface area contributed by atoms with E-state index in [1.807, 2.05) is 0 Å². The zero-order valence-electron chi connectivity index (χ0n) is 12.7. The van der Waals surface area contributed by atoms with Gasteiger partial charge in [-0.2, -0.15) is 0 Å². The van der Waals surface area contributed by atoms with Gasteiger partial charge in [0.2, 0.25) is 0 Å². The van der Waals surface area contributed by atoms with Gasteiger partial charge in [-0.3, -0.25) is 9.36 Å². The van der Waals surface area contributed by atoms with E-state index < -0.39 is 0 Å². The molecule has 0 bridgehead atoms. The number of ether oxygens (including phenoxy) is 1. The Morgan fingerprint density at radius 3 is 2.82 bits per heavy atom. The van der Waals surface area contributed by atoms with Crippen LogP contribution in [0.25, 0.3) is 10.9 Å². The van der Waals surface area contributed by atoms with Gasteiger partial charge in [-0.25, -0.2) is 4.98 Å². The summed E-state index contributed by atoms with van der Waals surface area (Å²) in [6, 6.07) is 5.34. The smallest absolute Gasteiger partial charge is 0.261 e. The van der Waals surface area contributed by atoms with Crippen molar-refractivity contribution in [3.8, 4) is 5.75 Å². The van der Waals surface area contributed by atoms with Gasteiger partial charge in [-0.05, 0) is 31.0 Å². The molecule has 118 valence electrons. The second kappa shape index (κ2) is 6.46. The van der Waals surface area contributed by atoms with Crippen molar-refractivity contribution in [2.24, 2.45) is 0 Å². The van der Waals surface area contributed by atoms with E-state index in [0.717, 1.165) is 32.5 Å². The molecule has 2 heterocycles. The molecule has 0 radical (unpaired) electrons. The van der Waals surface area contributed by atoms with Crippen molar-refractivity contribution in [1.82, 2.24) is 14.5 Å². The van der Waals surface area contributed by atoms with Gasteiger partial charge in [0.05, 0.1) is 30.4 Å². The van der Waals surface area contributed by atoms with Gasteiger partial charge < -0.3 is 14.7 Å². The van der Waals surface area contributed by atoms with Crippen molar-refractivity contribution in [3.05, 3.63) is 34.9 Å². The molecule has 1 fully saturated rings. The Balaban J connectivity index is 1.76. The molecule has 6 heteroatoms. The van der Waals surface area contributed by atoms with E-state index in [0.29, 0.717) is 23.2 Å². The third-order valence-corrected chi connectivity index (χ3v) is 4.25. The van der Waals surface area contributed by atoms with E-state index in [4.69, 9.17) is 4.74 Å². The molecule has 0 amide bonds. The van der Waals surface area contributed by atoms with Crippen molar-refractivity contribution >= 4 is 10.9 Å². The third-order valence-electron chi connectivity index (χ3n) is 4.25. The average Bonchev–Trinajstić information content (AvgIpc) is 2.55. The zero-order chi connectivity index (χ0) is 15.5. The second-order valence-electron chi connectivity index (χ2n) is 5.70. The Bertz CT molecular complexity index is 705. The highest BCUT2D eigenvalue weighted by Crippen LogP contribution is 2.16. The summed E-state index contributed by atoms with van der Waals surface area (Å²) >= 11 is 0. The molecule has 1 aromatic heterocycles. The van der Waals surface area contributed by atoms with Crippen LogP contribution in [0.1, 0.15) is 12.8 Å². The van der Waals surface area contributed by atoms with Gasteiger partial charge in [-0.1, -0.05) is 0 Å². The van der Waals surface area contributed by atoms with E-state index in [-0.39, 0.29) is 11.7 Å². The molecule has 0 saturated carbocycles. The predicted octanol–water partition coefficient (Wildman–Crippen LogP) is 0.862. The Kier molecular flexibility index (Phi) is 4.40. The molecule has 1 aliphatic rings. The zero-order valence-corrected chi connectivity index (χ0v) is 12.7. The Morgan fingerprint density at radius 2 is 2.09 bits per heavy atom. The monoisotopic (exact) mass is 303 g/mol. The highest BCUT2D eigenvalue weighted by molar-refractivity contribution is 5.78.